The van der Waals surface area contributed by atoms with Crippen LogP contribution in [0.15, 0.2) is 24.5 Å². The Kier molecular flexibility index (Phi) is 2.94. The van der Waals surface area contributed by atoms with Crippen LogP contribution in [0.4, 0.5) is 5.69 Å². The van der Waals surface area contributed by atoms with Crippen molar-refractivity contribution in [1.82, 2.24) is 9.55 Å². The molecular formula is C13H17N3O4. The molecule has 3 rings (SSSR count). The van der Waals surface area contributed by atoms with Crippen molar-refractivity contribution in [2.45, 2.75) is 31.0 Å². The first kappa shape index (κ1) is 13.3. The molecule has 1 fully saturated rings. The number of imidazole rings is 1. The second-order valence-electron chi connectivity index (χ2n) is 5.16. The summed E-state index contributed by atoms with van der Waals surface area (Å²) >= 11 is 0. The molecule has 1 aromatic heterocycles. The fraction of sp³-hybridized carbons (Fsp3) is 0.462. The Bertz CT molecular complexity index is 644. The van der Waals surface area contributed by atoms with Crippen LogP contribution in [-0.4, -0.2) is 49.8 Å². The van der Waals surface area contributed by atoms with E-state index >= 15 is 0 Å². The van der Waals surface area contributed by atoms with Crippen LogP contribution in [-0.2, 0) is 10.5 Å². The first-order valence-corrected chi connectivity index (χ1v) is 6.36. The second kappa shape index (κ2) is 4.42. The van der Waals surface area contributed by atoms with E-state index in [-0.39, 0.29) is 6.61 Å². The monoisotopic (exact) mass is 279 g/mol. The molecule has 1 aromatic carbocycles. The Morgan fingerprint density at radius 2 is 2.20 bits per heavy atom. The van der Waals surface area contributed by atoms with Gasteiger partial charge in [0.05, 0.1) is 24.1 Å². The van der Waals surface area contributed by atoms with Gasteiger partial charge < -0.3 is 25.8 Å². The van der Waals surface area contributed by atoms with Gasteiger partial charge in [-0.3, -0.25) is 4.57 Å². The lowest BCUT2D eigenvalue weighted by atomic mass is 10.0. The number of rotatable bonds is 2. The Morgan fingerprint density at radius 3 is 2.85 bits per heavy atom. The lowest BCUT2D eigenvalue weighted by molar-refractivity contribution is -0.132. The summed E-state index contributed by atoms with van der Waals surface area (Å²) in [4.78, 5) is 4.22. The number of aliphatic hydroxyl groups is 3. The first-order valence-electron chi connectivity index (χ1n) is 6.36. The van der Waals surface area contributed by atoms with Crippen molar-refractivity contribution < 1.29 is 20.1 Å². The zero-order valence-electron chi connectivity index (χ0n) is 11.0. The molecule has 1 aliphatic heterocycles. The molecule has 0 amide bonds. The molecule has 108 valence electrons. The summed E-state index contributed by atoms with van der Waals surface area (Å²) in [5, 5.41) is 29.4. The maximum atomic E-state index is 10.3. The molecule has 0 saturated carbocycles. The van der Waals surface area contributed by atoms with Crippen molar-refractivity contribution in [3.8, 4) is 0 Å². The van der Waals surface area contributed by atoms with Crippen LogP contribution in [0.25, 0.3) is 11.0 Å². The molecule has 7 nitrogen and oxygen atoms in total. The number of aliphatic hydroxyl groups excluding tert-OH is 3. The topological polar surface area (TPSA) is 114 Å². The summed E-state index contributed by atoms with van der Waals surface area (Å²) < 4.78 is 7.27. The van der Waals surface area contributed by atoms with E-state index in [1.807, 2.05) is 0 Å². The molecule has 0 bridgehead atoms. The fourth-order valence-corrected chi connectivity index (χ4v) is 2.73. The number of hydrogen-bond acceptors (Lipinski definition) is 6. The van der Waals surface area contributed by atoms with E-state index in [4.69, 9.17) is 10.5 Å². The summed E-state index contributed by atoms with van der Waals surface area (Å²) in [5.74, 6) is 0. The van der Waals surface area contributed by atoms with Crippen molar-refractivity contribution >= 4 is 16.7 Å². The van der Waals surface area contributed by atoms with E-state index in [1.54, 1.807) is 29.7 Å². The van der Waals surface area contributed by atoms with Crippen LogP contribution in [0.3, 0.4) is 0 Å². The van der Waals surface area contributed by atoms with E-state index in [2.05, 4.69) is 4.98 Å². The summed E-state index contributed by atoms with van der Waals surface area (Å²) in [5.41, 5.74) is 6.47. The number of anilines is 1. The predicted molar refractivity (Wildman–Crippen MR) is 71.8 cm³/mol. The molecule has 20 heavy (non-hydrogen) atoms. The third kappa shape index (κ3) is 1.64. The average molecular weight is 279 g/mol. The Morgan fingerprint density at radius 1 is 1.45 bits per heavy atom. The number of nitrogen functional groups attached to an aromatic ring is 1. The van der Waals surface area contributed by atoms with Gasteiger partial charge in [0, 0.05) is 0 Å². The van der Waals surface area contributed by atoms with E-state index in [0.717, 1.165) is 0 Å². The lowest BCUT2D eigenvalue weighted by Crippen LogP contribution is -2.42. The Labute approximate surface area is 115 Å². The fourth-order valence-electron chi connectivity index (χ4n) is 2.73. The van der Waals surface area contributed by atoms with E-state index in [0.29, 0.717) is 16.7 Å². The molecule has 1 aliphatic rings. The average Bonchev–Trinajstić information content (AvgIpc) is 2.96. The van der Waals surface area contributed by atoms with Gasteiger partial charge in [0.1, 0.15) is 23.8 Å². The third-order valence-corrected chi connectivity index (χ3v) is 3.91. The van der Waals surface area contributed by atoms with Crippen molar-refractivity contribution in [3.63, 3.8) is 0 Å². The van der Waals surface area contributed by atoms with Gasteiger partial charge in [0.15, 0.2) is 5.72 Å². The molecule has 4 atom stereocenters. The van der Waals surface area contributed by atoms with Gasteiger partial charge in [-0.2, -0.15) is 0 Å². The van der Waals surface area contributed by atoms with Crippen molar-refractivity contribution in [2.24, 2.45) is 0 Å². The van der Waals surface area contributed by atoms with Gasteiger partial charge >= 0.3 is 0 Å². The van der Waals surface area contributed by atoms with E-state index < -0.39 is 24.0 Å². The molecule has 7 heteroatoms. The number of aromatic nitrogens is 2. The largest absolute Gasteiger partial charge is 0.397 e. The standard InChI is InChI=1S/C13H17N3O4/c1-13(12(19)11(18)9(5-17)20-13)16-6-15-10-7(14)3-2-4-8(10)16/h2-4,6,9,11-12,17-19H,5,14H2,1H3/t9-,11+,12+,13?/m1/s1. The Hall–Kier alpha value is -1.67. The van der Waals surface area contributed by atoms with Gasteiger partial charge in [0.2, 0.25) is 0 Å². The second-order valence-corrected chi connectivity index (χ2v) is 5.16. The predicted octanol–water partition coefficient (Wildman–Crippen LogP) is -0.596. The minimum absolute atomic E-state index is 0.372. The molecule has 2 aromatic rings. The summed E-state index contributed by atoms with van der Waals surface area (Å²) in [6.07, 6.45) is -1.67. The van der Waals surface area contributed by atoms with Gasteiger partial charge in [-0.25, -0.2) is 4.98 Å². The molecule has 1 unspecified atom stereocenters. The molecular weight excluding hydrogens is 262 g/mol. The van der Waals surface area contributed by atoms with Crippen LogP contribution in [0, 0.1) is 0 Å². The SMILES string of the molecule is CC1(n2cnc3c(N)cccc32)O[C@H](CO)[C@H](O)[C@@H]1O. The van der Waals surface area contributed by atoms with Crippen molar-refractivity contribution in [1.29, 1.82) is 0 Å². The lowest BCUT2D eigenvalue weighted by Gasteiger charge is -2.29. The van der Waals surface area contributed by atoms with Gasteiger partial charge in [-0.1, -0.05) is 6.07 Å². The molecule has 1 saturated heterocycles. The minimum Gasteiger partial charge on any atom is -0.397 e. The first-order chi connectivity index (χ1) is 9.49. The Balaban J connectivity index is 2.13. The van der Waals surface area contributed by atoms with Crippen LogP contribution < -0.4 is 5.73 Å². The summed E-state index contributed by atoms with van der Waals surface area (Å²) in [6, 6.07) is 5.32. The zero-order valence-corrected chi connectivity index (χ0v) is 11.0. The number of hydrogen-bond donors (Lipinski definition) is 4. The highest BCUT2D eigenvalue weighted by atomic mass is 16.6. The number of ether oxygens (including phenoxy) is 1. The minimum atomic E-state index is -1.21. The summed E-state index contributed by atoms with van der Waals surface area (Å²) in [7, 11) is 0. The number of nitrogens with zero attached hydrogens (tertiary/aromatic N) is 2. The number of nitrogens with two attached hydrogens (primary N) is 1. The third-order valence-electron chi connectivity index (χ3n) is 3.91. The van der Waals surface area contributed by atoms with Crippen LogP contribution in [0.1, 0.15) is 6.92 Å². The molecule has 2 heterocycles. The normalized spacial score (nSPS) is 33.9. The summed E-state index contributed by atoms with van der Waals surface area (Å²) in [6.45, 7) is 1.27. The number of benzene rings is 1. The highest BCUT2D eigenvalue weighted by molar-refractivity contribution is 5.87. The maximum absolute atomic E-state index is 10.3. The number of fused-ring (bicyclic) bond motifs is 1. The highest BCUT2D eigenvalue weighted by Gasteiger charge is 2.52. The van der Waals surface area contributed by atoms with E-state index in [9.17, 15) is 15.3 Å². The van der Waals surface area contributed by atoms with E-state index in [1.165, 1.54) is 6.33 Å². The van der Waals surface area contributed by atoms with Crippen LogP contribution >= 0.6 is 0 Å². The molecule has 0 aliphatic carbocycles. The maximum Gasteiger partial charge on any atom is 0.172 e. The molecule has 0 spiro atoms. The van der Waals surface area contributed by atoms with Gasteiger partial charge in [-0.05, 0) is 19.1 Å². The zero-order chi connectivity index (χ0) is 14.5. The van der Waals surface area contributed by atoms with Gasteiger partial charge in [0.25, 0.3) is 0 Å². The van der Waals surface area contributed by atoms with Crippen molar-refractivity contribution in [3.05, 3.63) is 24.5 Å². The smallest absolute Gasteiger partial charge is 0.172 e. The highest BCUT2D eigenvalue weighted by Crippen LogP contribution is 2.37. The quantitative estimate of drug-likeness (QED) is 0.546. The van der Waals surface area contributed by atoms with Crippen LogP contribution in [0.2, 0.25) is 0 Å². The van der Waals surface area contributed by atoms with Crippen molar-refractivity contribution in [2.75, 3.05) is 12.3 Å². The molecule has 0 radical (unpaired) electrons. The number of para-hydroxylation sites is 1. The molecule has 5 N–H and O–H groups in total. The van der Waals surface area contributed by atoms with Crippen LogP contribution in [0.5, 0.6) is 0 Å². The van der Waals surface area contributed by atoms with Gasteiger partial charge in [-0.15, -0.1) is 0 Å².